The van der Waals surface area contributed by atoms with Crippen molar-refractivity contribution in [2.45, 2.75) is 25.7 Å². The first-order valence-corrected chi connectivity index (χ1v) is 7.72. The van der Waals surface area contributed by atoms with Crippen molar-refractivity contribution in [1.29, 1.82) is 0 Å². The fourth-order valence-electron chi connectivity index (χ4n) is 3.27. The van der Waals surface area contributed by atoms with Crippen LogP contribution in [-0.4, -0.2) is 57.6 Å². The van der Waals surface area contributed by atoms with Gasteiger partial charge < -0.3 is 9.80 Å². The lowest BCUT2D eigenvalue weighted by Crippen LogP contribution is -2.46. The fourth-order valence-corrected chi connectivity index (χ4v) is 3.27. The molecule has 0 radical (unpaired) electrons. The van der Waals surface area contributed by atoms with Crippen molar-refractivity contribution in [2.75, 3.05) is 26.2 Å². The molecule has 114 valence electrons. The van der Waals surface area contributed by atoms with Gasteiger partial charge in [0.1, 0.15) is 0 Å². The molecule has 2 amide bonds. The topological polar surface area (TPSA) is 58.4 Å². The second-order valence-electron chi connectivity index (χ2n) is 6.03. The highest BCUT2D eigenvalue weighted by Gasteiger charge is 2.32. The third kappa shape index (κ3) is 2.94. The average Bonchev–Trinajstić information content (AvgIpc) is 3.17. The smallest absolute Gasteiger partial charge is 0.257 e. The highest BCUT2D eigenvalue weighted by atomic mass is 16.2. The number of hydrogen-bond acceptors (Lipinski definition) is 3. The molecule has 3 heterocycles. The predicted molar refractivity (Wildman–Crippen MR) is 77.6 cm³/mol. The summed E-state index contributed by atoms with van der Waals surface area (Å²) < 4.78 is 1.63. The highest BCUT2D eigenvalue weighted by molar-refractivity contribution is 5.94. The van der Waals surface area contributed by atoms with Crippen molar-refractivity contribution in [3.05, 3.63) is 18.0 Å². The summed E-state index contributed by atoms with van der Waals surface area (Å²) in [4.78, 5) is 28.7. The summed E-state index contributed by atoms with van der Waals surface area (Å²) in [6.45, 7) is 3.04. The summed E-state index contributed by atoms with van der Waals surface area (Å²) in [7, 11) is 1.80. The van der Waals surface area contributed by atoms with Gasteiger partial charge in [-0.05, 0) is 25.7 Å². The summed E-state index contributed by atoms with van der Waals surface area (Å²) in [5, 5.41) is 4.04. The zero-order valence-corrected chi connectivity index (χ0v) is 12.5. The second-order valence-corrected chi connectivity index (χ2v) is 6.03. The molecule has 2 aliphatic heterocycles. The van der Waals surface area contributed by atoms with Crippen LogP contribution in [-0.2, 0) is 11.8 Å². The fraction of sp³-hybridized carbons (Fsp3) is 0.667. The van der Waals surface area contributed by atoms with Crippen LogP contribution >= 0.6 is 0 Å². The number of likely N-dealkylation sites (tertiary alicyclic amines) is 2. The monoisotopic (exact) mass is 290 g/mol. The Hall–Kier alpha value is -1.85. The first-order valence-electron chi connectivity index (χ1n) is 7.72. The van der Waals surface area contributed by atoms with Crippen molar-refractivity contribution in [3.63, 3.8) is 0 Å². The summed E-state index contributed by atoms with van der Waals surface area (Å²) in [5.74, 6) is 0.190. The maximum atomic E-state index is 12.5. The van der Waals surface area contributed by atoms with E-state index in [1.165, 1.54) is 0 Å². The van der Waals surface area contributed by atoms with Gasteiger partial charge in [-0.25, -0.2) is 0 Å². The Labute approximate surface area is 124 Å². The van der Waals surface area contributed by atoms with Crippen LogP contribution in [0.4, 0.5) is 0 Å². The average molecular weight is 290 g/mol. The van der Waals surface area contributed by atoms with Gasteiger partial charge in [-0.3, -0.25) is 14.3 Å². The zero-order chi connectivity index (χ0) is 14.8. The standard InChI is InChI=1S/C15H22N4O2/c1-17-10-13(9-16-17)15(21)19-8-4-5-12(11-19)14(20)18-6-2-3-7-18/h9-10,12H,2-8,11H2,1H3/t12-/m0/s1. The normalized spacial score (nSPS) is 22.6. The molecule has 2 saturated heterocycles. The first kappa shape index (κ1) is 14.1. The highest BCUT2D eigenvalue weighted by Crippen LogP contribution is 2.22. The van der Waals surface area contributed by atoms with Crippen molar-refractivity contribution in [3.8, 4) is 0 Å². The molecule has 0 aromatic carbocycles. The summed E-state index contributed by atoms with van der Waals surface area (Å²) >= 11 is 0. The van der Waals surface area contributed by atoms with Crippen LogP contribution in [0.3, 0.4) is 0 Å². The molecular weight excluding hydrogens is 268 g/mol. The van der Waals surface area contributed by atoms with E-state index in [4.69, 9.17) is 0 Å². The molecule has 0 saturated carbocycles. The molecule has 1 aromatic heterocycles. The van der Waals surface area contributed by atoms with Crippen LogP contribution < -0.4 is 0 Å². The van der Waals surface area contributed by atoms with Gasteiger partial charge >= 0.3 is 0 Å². The lowest BCUT2D eigenvalue weighted by atomic mass is 9.96. The molecule has 0 spiro atoms. The molecule has 0 bridgehead atoms. The van der Waals surface area contributed by atoms with Gasteiger partial charge in [0, 0.05) is 39.4 Å². The largest absolute Gasteiger partial charge is 0.342 e. The van der Waals surface area contributed by atoms with Crippen molar-refractivity contribution in [2.24, 2.45) is 13.0 Å². The number of carbonyl (C=O) groups excluding carboxylic acids is 2. The molecule has 1 atom stereocenters. The van der Waals surface area contributed by atoms with Gasteiger partial charge in [-0.1, -0.05) is 0 Å². The van der Waals surface area contributed by atoms with Gasteiger partial charge in [-0.2, -0.15) is 5.10 Å². The third-order valence-electron chi connectivity index (χ3n) is 4.43. The molecule has 2 fully saturated rings. The molecule has 0 unspecified atom stereocenters. The zero-order valence-electron chi connectivity index (χ0n) is 12.5. The van der Waals surface area contributed by atoms with Gasteiger partial charge in [0.25, 0.3) is 5.91 Å². The van der Waals surface area contributed by atoms with Gasteiger partial charge in [0.15, 0.2) is 0 Å². The number of aromatic nitrogens is 2. The molecule has 21 heavy (non-hydrogen) atoms. The van der Waals surface area contributed by atoms with E-state index in [2.05, 4.69) is 5.10 Å². The summed E-state index contributed by atoms with van der Waals surface area (Å²) in [6, 6.07) is 0. The van der Waals surface area contributed by atoms with Crippen LogP contribution in [0.15, 0.2) is 12.4 Å². The summed E-state index contributed by atoms with van der Waals surface area (Å²) in [5.41, 5.74) is 0.603. The molecular formula is C15H22N4O2. The van der Waals surface area contributed by atoms with Crippen molar-refractivity contribution in [1.82, 2.24) is 19.6 Å². The maximum absolute atomic E-state index is 12.5. The Morgan fingerprint density at radius 2 is 1.86 bits per heavy atom. The molecule has 3 rings (SSSR count). The van der Waals surface area contributed by atoms with Crippen LogP contribution in [0.2, 0.25) is 0 Å². The number of amides is 2. The number of hydrogen-bond donors (Lipinski definition) is 0. The minimum Gasteiger partial charge on any atom is -0.342 e. The van der Waals surface area contributed by atoms with E-state index in [9.17, 15) is 9.59 Å². The molecule has 1 aromatic rings. The first-order chi connectivity index (χ1) is 10.1. The lowest BCUT2D eigenvalue weighted by molar-refractivity contribution is -0.135. The number of nitrogens with zero attached hydrogens (tertiary/aromatic N) is 4. The Balaban J connectivity index is 1.65. The van der Waals surface area contributed by atoms with Gasteiger partial charge in [0.2, 0.25) is 5.91 Å². The maximum Gasteiger partial charge on any atom is 0.257 e. The minimum absolute atomic E-state index is 0.0120. The van der Waals surface area contributed by atoms with E-state index >= 15 is 0 Å². The van der Waals surface area contributed by atoms with Crippen LogP contribution in [0.1, 0.15) is 36.0 Å². The van der Waals surface area contributed by atoms with Gasteiger partial charge in [0.05, 0.1) is 17.7 Å². The minimum atomic E-state index is -0.0301. The molecule has 0 N–H and O–H groups in total. The van der Waals surface area contributed by atoms with Crippen LogP contribution in [0.25, 0.3) is 0 Å². The Kier molecular flexibility index (Phi) is 3.94. The number of rotatable bonds is 2. The Morgan fingerprint density at radius 1 is 1.14 bits per heavy atom. The number of carbonyl (C=O) groups is 2. The van der Waals surface area contributed by atoms with E-state index < -0.39 is 0 Å². The molecule has 6 nitrogen and oxygen atoms in total. The van der Waals surface area contributed by atoms with Crippen LogP contribution in [0.5, 0.6) is 0 Å². The number of aryl methyl sites for hydroxylation is 1. The van der Waals surface area contributed by atoms with Crippen molar-refractivity contribution >= 4 is 11.8 Å². The Bertz CT molecular complexity index is 534. The van der Waals surface area contributed by atoms with E-state index in [-0.39, 0.29) is 17.7 Å². The van der Waals surface area contributed by atoms with Gasteiger partial charge in [-0.15, -0.1) is 0 Å². The van der Waals surface area contributed by atoms with Crippen molar-refractivity contribution < 1.29 is 9.59 Å². The van der Waals surface area contributed by atoms with E-state index in [0.29, 0.717) is 12.1 Å². The van der Waals surface area contributed by atoms with Crippen LogP contribution in [0, 0.1) is 5.92 Å². The Morgan fingerprint density at radius 3 is 2.52 bits per heavy atom. The van der Waals surface area contributed by atoms with E-state index in [1.807, 2.05) is 4.90 Å². The summed E-state index contributed by atoms with van der Waals surface area (Å²) in [6.07, 6.45) is 7.33. The number of piperidine rings is 1. The predicted octanol–water partition coefficient (Wildman–Crippen LogP) is 0.895. The molecule has 2 aliphatic rings. The quantitative estimate of drug-likeness (QED) is 0.813. The SMILES string of the molecule is Cn1cc(C(=O)N2CCC[C@H](C(=O)N3CCCC3)C2)cn1. The lowest BCUT2D eigenvalue weighted by Gasteiger charge is -2.33. The molecule has 6 heteroatoms. The van der Waals surface area contributed by atoms with E-state index in [0.717, 1.165) is 45.3 Å². The van der Waals surface area contributed by atoms with E-state index in [1.54, 1.807) is 29.0 Å². The molecule has 0 aliphatic carbocycles. The second kappa shape index (κ2) is 5.87. The third-order valence-corrected chi connectivity index (χ3v) is 4.43.